The Kier molecular flexibility index (Phi) is 6.12. The summed E-state index contributed by atoms with van der Waals surface area (Å²) in [6.45, 7) is 9.56. The quantitative estimate of drug-likeness (QED) is 0.481. The molecule has 1 aliphatic heterocycles. The molecule has 0 N–H and O–H groups in total. The van der Waals surface area contributed by atoms with Crippen LogP contribution in [-0.4, -0.2) is 8.07 Å². The van der Waals surface area contributed by atoms with Crippen molar-refractivity contribution in [2.45, 2.75) is 49.8 Å². The maximum Gasteiger partial charge on any atom is -1.00 e. The topological polar surface area (TPSA) is 0 Å². The van der Waals surface area contributed by atoms with Crippen molar-refractivity contribution in [2.24, 2.45) is 0 Å². The van der Waals surface area contributed by atoms with Crippen LogP contribution in [0, 0.1) is 13.8 Å². The van der Waals surface area contributed by atoms with E-state index < -0.39 is 8.07 Å². The van der Waals surface area contributed by atoms with Crippen LogP contribution in [0.1, 0.15) is 51.7 Å². The number of halogens is 2. The van der Waals surface area contributed by atoms with Gasteiger partial charge < -0.3 is 24.8 Å². The van der Waals surface area contributed by atoms with E-state index in [1.165, 1.54) is 17.7 Å². The minimum atomic E-state index is -1.37. The summed E-state index contributed by atoms with van der Waals surface area (Å²) in [5, 5.41) is 3.65. The molecule has 143 valence electrons. The summed E-state index contributed by atoms with van der Waals surface area (Å²) < 4.78 is 0.605. The number of fused-ring (bicyclic) bond motifs is 5. The molecule has 2 aromatic rings. The molecule has 0 amide bonds. The minimum Gasteiger partial charge on any atom is -1.00 e. The van der Waals surface area contributed by atoms with Crippen molar-refractivity contribution in [3.05, 3.63) is 64.2 Å². The van der Waals surface area contributed by atoms with Crippen LogP contribution in [0.15, 0.2) is 36.4 Å². The first kappa shape index (κ1) is 22.3. The van der Waals surface area contributed by atoms with E-state index in [0.29, 0.717) is 3.63 Å². The molecule has 2 aliphatic carbocycles. The zero-order valence-electron chi connectivity index (χ0n) is 16.9. The Morgan fingerprint density at radius 3 is 2.36 bits per heavy atom. The molecule has 0 nitrogen and oxygen atoms in total. The molecule has 0 saturated carbocycles. The second kappa shape index (κ2) is 7.69. The molecule has 2 aromatic carbocycles. The fraction of sp³-hybridized carbons (Fsp3) is 0.333. The summed E-state index contributed by atoms with van der Waals surface area (Å²) in [7, 11) is -1.37. The molecule has 28 heavy (non-hydrogen) atoms. The van der Waals surface area contributed by atoms with E-state index in [-0.39, 0.29) is 24.8 Å². The number of rotatable bonds is 3. The molecule has 0 aromatic heterocycles. The normalized spacial score (nSPS) is 19.2. The van der Waals surface area contributed by atoms with Gasteiger partial charge >= 0.3 is 174 Å². The van der Waals surface area contributed by atoms with Crippen molar-refractivity contribution in [1.29, 1.82) is 0 Å². The molecule has 5 rings (SSSR count). The number of aryl methyl sites for hydroxylation is 1. The summed E-state index contributed by atoms with van der Waals surface area (Å²) in [5.41, 5.74) is 12.7. The minimum absolute atomic E-state index is 0. The maximum atomic E-state index is 2.46. The molecule has 3 aliphatic rings. The van der Waals surface area contributed by atoms with E-state index in [0.717, 1.165) is 6.42 Å². The summed E-state index contributed by atoms with van der Waals surface area (Å²) >= 11 is 1.63. The van der Waals surface area contributed by atoms with Gasteiger partial charge in [0.2, 0.25) is 0 Å². The molecule has 0 radical (unpaired) electrons. The van der Waals surface area contributed by atoms with Gasteiger partial charge in [-0.15, -0.1) is 0 Å². The third-order valence-electron chi connectivity index (χ3n) is 7.06. The molecule has 1 heterocycles. The third-order valence-corrected chi connectivity index (χ3v) is 13.7. The van der Waals surface area contributed by atoms with Crippen molar-refractivity contribution in [3.8, 4) is 11.1 Å². The number of hydrogen-bond acceptors (Lipinski definition) is 0. The van der Waals surface area contributed by atoms with Gasteiger partial charge in [0.15, 0.2) is 0 Å². The van der Waals surface area contributed by atoms with E-state index in [4.69, 9.17) is 0 Å². The molecular formula is C24H25Cl2SiZr. The molecule has 1 unspecified atom stereocenters. The van der Waals surface area contributed by atoms with E-state index in [9.17, 15) is 0 Å². The Labute approximate surface area is 197 Å². The van der Waals surface area contributed by atoms with Crippen LogP contribution in [0.4, 0.5) is 0 Å². The molecule has 0 spiro atoms. The monoisotopic (exact) mass is 501 g/mol. The van der Waals surface area contributed by atoms with Crippen LogP contribution in [-0.2, 0) is 24.7 Å². The maximum absolute atomic E-state index is 2.46. The smallest absolute Gasteiger partial charge is 1.00 e. The standard InChI is InChI=1S/C24H25Si.2ClH.Zr/c1-5-25(6-2)23-16(4)21(17-9-7-8-10-17)20-14-18-13-15(3)11-12-19(18)22(20)24(23)25;;;/h7-9,11-14H,5-6,10H2,1-4H3;2*1H;/q;;;+2/p-2. The van der Waals surface area contributed by atoms with E-state index in [1.54, 1.807) is 63.7 Å². The third kappa shape index (κ3) is 2.71. The zero-order valence-corrected chi connectivity index (χ0v) is 21.9. The molecular weight excluding hydrogens is 478 g/mol. The molecule has 4 heteroatoms. The van der Waals surface area contributed by atoms with E-state index in [2.05, 4.69) is 64.1 Å². The number of hydrogen-bond donors (Lipinski definition) is 0. The van der Waals surface area contributed by atoms with Crippen molar-refractivity contribution in [3.63, 3.8) is 0 Å². The first-order valence-corrected chi connectivity index (χ1v) is 13.8. The summed E-state index contributed by atoms with van der Waals surface area (Å²) in [5.74, 6) is 0. The Bertz CT molecular complexity index is 1030. The largest absolute Gasteiger partial charge is 1.00 e. The van der Waals surface area contributed by atoms with Gasteiger partial charge in [-0.05, 0) is 0 Å². The fourth-order valence-electron chi connectivity index (χ4n) is 5.73. The van der Waals surface area contributed by atoms with E-state index in [1.807, 2.05) is 10.4 Å². The average Bonchev–Trinajstić information content (AvgIpc) is 2.91. The van der Waals surface area contributed by atoms with Crippen LogP contribution in [0.3, 0.4) is 0 Å². The van der Waals surface area contributed by atoms with Gasteiger partial charge in [-0.25, -0.2) is 0 Å². The molecule has 0 saturated heterocycles. The van der Waals surface area contributed by atoms with Crippen molar-refractivity contribution in [1.82, 2.24) is 0 Å². The van der Waals surface area contributed by atoms with Gasteiger partial charge in [-0.1, -0.05) is 0 Å². The van der Waals surface area contributed by atoms with Gasteiger partial charge in [-0.3, -0.25) is 0 Å². The van der Waals surface area contributed by atoms with Crippen LogP contribution in [0.2, 0.25) is 12.1 Å². The second-order valence-electron chi connectivity index (χ2n) is 8.18. The predicted octanol–water partition coefficient (Wildman–Crippen LogP) is -0.812. The number of benzene rings is 2. The van der Waals surface area contributed by atoms with Crippen LogP contribution < -0.4 is 35.2 Å². The van der Waals surface area contributed by atoms with Gasteiger partial charge in [0.1, 0.15) is 0 Å². The van der Waals surface area contributed by atoms with Gasteiger partial charge in [0.05, 0.1) is 0 Å². The number of allylic oxidation sites excluding steroid dienone is 4. The van der Waals surface area contributed by atoms with E-state index >= 15 is 0 Å². The summed E-state index contributed by atoms with van der Waals surface area (Å²) in [6, 6.07) is 9.95. The Balaban J connectivity index is 0.00000112. The Morgan fingerprint density at radius 2 is 1.75 bits per heavy atom. The van der Waals surface area contributed by atoms with Gasteiger partial charge in [0, 0.05) is 0 Å². The molecule has 0 bridgehead atoms. The van der Waals surface area contributed by atoms with Crippen LogP contribution in [0.5, 0.6) is 0 Å². The Morgan fingerprint density at radius 1 is 1.04 bits per heavy atom. The van der Waals surface area contributed by atoms with Gasteiger partial charge in [-0.2, -0.15) is 0 Å². The van der Waals surface area contributed by atoms with Crippen LogP contribution in [0.25, 0.3) is 16.7 Å². The molecule has 0 fully saturated rings. The van der Waals surface area contributed by atoms with Gasteiger partial charge in [0.25, 0.3) is 0 Å². The summed E-state index contributed by atoms with van der Waals surface area (Å²) in [4.78, 5) is 0. The van der Waals surface area contributed by atoms with Crippen molar-refractivity contribution in [2.75, 3.05) is 0 Å². The molecule has 1 atom stereocenters. The first-order chi connectivity index (χ1) is 12.5. The summed E-state index contributed by atoms with van der Waals surface area (Å²) in [6.07, 6.45) is 8.05. The zero-order chi connectivity index (χ0) is 18.2. The predicted molar refractivity (Wildman–Crippen MR) is 111 cm³/mol. The average molecular weight is 504 g/mol. The first-order valence-electron chi connectivity index (χ1n) is 9.94. The second-order valence-corrected chi connectivity index (χ2v) is 14.2. The van der Waals surface area contributed by atoms with Crippen molar-refractivity contribution < 1.29 is 49.5 Å². The Hall–Kier alpha value is -0.400. The fourth-order valence-corrected chi connectivity index (χ4v) is 12.1. The SMILES string of the molecule is CC[Si]1(CC)c2c(C)c(C3=CC=CC3)c3c(c21)-c1ccc(C)cc1[CH]3[Zr+2].[Cl-].[Cl-]. The van der Waals surface area contributed by atoms with Crippen LogP contribution >= 0.6 is 0 Å². The van der Waals surface area contributed by atoms with Crippen molar-refractivity contribution >= 4 is 24.0 Å².